The van der Waals surface area contributed by atoms with Crippen LogP contribution in [0.1, 0.15) is 6.42 Å². The van der Waals surface area contributed by atoms with Crippen molar-refractivity contribution in [3.05, 3.63) is 0 Å². The van der Waals surface area contributed by atoms with Gasteiger partial charge in [-0.1, -0.05) is 0 Å². The SMILES string of the molecule is NCCC[AsH2]. The van der Waals surface area contributed by atoms with Crippen LogP contribution in [0, 0.1) is 0 Å². The van der Waals surface area contributed by atoms with Crippen molar-refractivity contribution in [1.82, 2.24) is 0 Å². The summed E-state index contributed by atoms with van der Waals surface area (Å²) in [5, 5.41) is 1.28. The molecular weight excluding hydrogens is 125 g/mol. The van der Waals surface area contributed by atoms with Gasteiger partial charge in [-0.05, 0) is 0 Å². The monoisotopic (exact) mass is 135 g/mol. The van der Waals surface area contributed by atoms with Crippen molar-refractivity contribution >= 4 is 16.9 Å². The molecule has 0 bridgehead atoms. The number of hydrogen-bond donors (Lipinski definition) is 1. The fourth-order valence-corrected chi connectivity index (χ4v) is 0.612. The van der Waals surface area contributed by atoms with E-state index in [1.54, 1.807) is 16.9 Å². The summed E-state index contributed by atoms with van der Waals surface area (Å²) in [7, 11) is 0. The summed E-state index contributed by atoms with van der Waals surface area (Å²) in [5.74, 6) is 0. The van der Waals surface area contributed by atoms with Crippen LogP contribution in [0.4, 0.5) is 0 Å². The molecule has 1 atom stereocenters. The molecule has 0 saturated carbocycles. The first kappa shape index (κ1) is 5.52. The van der Waals surface area contributed by atoms with Crippen LogP contribution in [0.3, 0.4) is 0 Å². The summed E-state index contributed by atoms with van der Waals surface area (Å²) in [6.45, 7) is 0.859. The second-order valence-electron chi connectivity index (χ2n) is 0.931. The fourth-order valence-electron chi connectivity index (χ4n) is 0.118. The molecule has 32 valence electrons. The Morgan fingerprint density at radius 3 is 2.20 bits per heavy atom. The van der Waals surface area contributed by atoms with Gasteiger partial charge in [0, 0.05) is 0 Å². The Balaban J connectivity index is 2.19. The average molecular weight is 135 g/mol. The zero-order valence-corrected chi connectivity index (χ0v) is 5.70. The summed E-state index contributed by atoms with van der Waals surface area (Å²) in [6, 6.07) is 0. The quantitative estimate of drug-likeness (QED) is 0.502. The summed E-state index contributed by atoms with van der Waals surface area (Å²) < 4.78 is 0. The van der Waals surface area contributed by atoms with Crippen molar-refractivity contribution in [1.29, 1.82) is 0 Å². The molecule has 0 aromatic heterocycles. The van der Waals surface area contributed by atoms with E-state index in [4.69, 9.17) is 5.73 Å². The minimum atomic E-state index is 0.859. The zero-order chi connectivity index (χ0) is 4.12. The second kappa shape index (κ2) is 4.52. The Hall–Kier alpha value is 0.518. The van der Waals surface area contributed by atoms with E-state index in [0.717, 1.165) is 6.54 Å². The first-order valence-electron chi connectivity index (χ1n) is 1.82. The summed E-state index contributed by atoms with van der Waals surface area (Å²) in [5.41, 5.74) is 5.15. The number of nitrogens with two attached hydrogens (primary N) is 1. The van der Waals surface area contributed by atoms with Gasteiger partial charge in [0.15, 0.2) is 0 Å². The van der Waals surface area contributed by atoms with Gasteiger partial charge in [0.2, 0.25) is 0 Å². The predicted octanol–water partition coefficient (Wildman–Crippen LogP) is -0.613. The molecular formula is C3H10AsN. The van der Waals surface area contributed by atoms with Crippen LogP contribution in [0.5, 0.6) is 0 Å². The third kappa shape index (κ3) is 4.52. The van der Waals surface area contributed by atoms with Crippen LogP contribution >= 0.6 is 0 Å². The molecule has 0 saturated heterocycles. The van der Waals surface area contributed by atoms with E-state index in [0.29, 0.717) is 0 Å². The van der Waals surface area contributed by atoms with Crippen LogP contribution in [-0.2, 0) is 0 Å². The van der Waals surface area contributed by atoms with E-state index in [1.807, 2.05) is 0 Å². The molecule has 2 N–H and O–H groups in total. The molecule has 0 aromatic carbocycles. The molecule has 0 heterocycles. The Kier molecular flexibility index (Phi) is 4.99. The minimum absolute atomic E-state index is 0.859. The van der Waals surface area contributed by atoms with Crippen molar-refractivity contribution in [3.8, 4) is 0 Å². The van der Waals surface area contributed by atoms with Crippen LogP contribution in [0.15, 0.2) is 0 Å². The Labute approximate surface area is 41.4 Å². The molecule has 0 aromatic rings. The third-order valence-corrected chi connectivity index (χ3v) is 1.26. The van der Waals surface area contributed by atoms with Crippen LogP contribution in [0.2, 0.25) is 5.21 Å². The van der Waals surface area contributed by atoms with Gasteiger partial charge < -0.3 is 0 Å². The first-order chi connectivity index (χ1) is 2.41. The maximum atomic E-state index is 5.15. The number of hydrogen-bond acceptors (Lipinski definition) is 1. The van der Waals surface area contributed by atoms with Gasteiger partial charge in [-0.3, -0.25) is 0 Å². The molecule has 0 rings (SSSR count). The molecule has 0 aliphatic rings. The van der Waals surface area contributed by atoms with E-state index in [-0.39, 0.29) is 0 Å². The third-order valence-electron chi connectivity index (χ3n) is 0.408. The molecule has 1 unspecified atom stereocenters. The molecule has 0 fully saturated rings. The van der Waals surface area contributed by atoms with Crippen molar-refractivity contribution in [3.63, 3.8) is 0 Å². The fraction of sp³-hybridized carbons (Fsp3) is 1.00. The average Bonchev–Trinajstić information content (AvgIpc) is 1.41. The molecule has 2 heteroatoms. The molecule has 0 aliphatic carbocycles. The molecule has 0 spiro atoms. The standard InChI is InChI=1S/C3H10AsN/c4-2-1-3-5/h1-5H2. The van der Waals surface area contributed by atoms with Crippen LogP contribution in [0.25, 0.3) is 0 Å². The van der Waals surface area contributed by atoms with E-state index in [1.165, 1.54) is 11.6 Å². The van der Waals surface area contributed by atoms with Gasteiger partial charge in [0.1, 0.15) is 0 Å². The Morgan fingerprint density at radius 2 is 2.20 bits per heavy atom. The van der Waals surface area contributed by atoms with Crippen molar-refractivity contribution in [2.24, 2.45) is 5.73 Å². The van der Waals surface area contributed by atoms with Gasteiger partial charge in [-0.15, -0.1) is 0 Å². The van der Waals surface area contributed by atoms with Crippen LogP contribution in [-0.4, -0.2) is 23.4 Å². The van der Waals surface area contributed by atoms with E-state index < -0.39 is 0 Å². The van der Waals surface area contributed by atoms with Crippen LogP contribution < -0.4 is 5.73 Å². The maximum absolute atomic E-state index is 5.15. The van der Waals surface area contributed by atoms with Crippen molar-refractivity contribution in [2.45, 2.75) is 11.6 Å². The zero-order valence-electron chi connectivity index (χ0n) is 3.28. The molecule has 5 heavy (non-hydrogen) atoms. The van der Waals surface area contributed by atoms with Gasteiger partial charge in [-0.25, -0.2) is 0 Å². The summed E-state index contributed by atoms with van der Waals surface area (Å²) in [4.78, 5) is 0. The summed E-state index contributed by atoms with van der Waals surface area (Å²) in [6.07, 6.45) is 1.19. The molecule has 0 amide bonds. The van der Waals surface area contributed by atoms with Gasteiger partial charge in [-0.2, -0.15) is 0 Å². The normalized spacial score (nSPS) is 8.40. The summed E-state index contributed by atoms with van der Waals surface area (Å²) >= 11 is 1.77. The predicted molar refractivity (Wildman–Crippen MR) is 27.0 cm³/mol. The van der Waals surface area contributed by atoms with Crippen molar-refractivity contribution < 1.29 is 0 Å². The van der Waals surface area contributed by atoms with E-state index in [9.17, 15) is 0 Å². The van der Waals surface area contributed by atoms with E-state index in [2.05, 4.69) is 0 Å². The molecule has 0 aliphatic heterocycles. The molecule has 1 nitrogen and oxygen atoms in total. The first-order valence-corrected chi connectivity index (χ1v) is 3.53. The Morgan fingerprint density at radius 1 is 1.60 bits per heavy atom. The Bertz CT molecular complexity index is 14.4. The number of rotatable bonds is 2. The van der Waals surface area contributed by atoms with E-state index >= 15 is 0 Å². The molecule has 0 radical (unpaired) electrons. The van der Waals surface area contributed by atoms with Gasteiger partial charge in [0.05, 0.1) is 0 Å². The van der Waals surface area contributed by atoms with Gasteiger partial charge in [0.25, 0.3) is 0 Å². The van der Waals surface area contributed by atoms with Crippen molar-refractivity contribution in [2.75, 3.05) is 6.54 Å². The van der Waals surface area contributed by atoms with Gasteiger partial charge >= 0.3 is 40.8 Å². The second-order valence-corrected chi connectivity index (χ2v) is 2.14. The topological polar surface area (TPSA) is 26.0 Å².